The molecule has 2 aliphatic carbocycles. The monoisotopic (exact) mass is 451 g/mol. The molecule has 1 saturated heterocycles. The van der Waals surface area contributed by atoms with E-state index in [0.29, 0.717) is 10.6 Å². The number of imide groups is 1. The standard InChI is InChI=1S/C23H18ClN3O5/c24-17-8-4-13(5-9-17)12-25(21(28)16-2-1-3-18(11-16)27(31)32)26-22(29)19-14-6-7-15(10-14)20(19)23(26)30/h1-9,11,14-15,19-20H,10,12H2/t14-,15-,19-,20-/m0/s1. The van der Waals surface area contributed by atoms with Crippen molar-refractivity contribution in [1.29, 1.82) is 0 Å². The van der Waals surface area contributed by atoms with Crippen molar-refractivity contribution in [1.82, 2.24) is 10.0 Å². The van der Waals surface area contributed by atoms with Gasteiger partial charge in [0.05, 0.1) is 23.3 Å². The number of carbonyl (C=O) groups excluding carboxylic acids is 3. The van der Waals surface area contributed by atoms with Crippen LogP contribution < -0.4 is 0 Å². The summed E-state index contributed by atoms with van der Waals surface area (Å²) in [6.45, 7) is -0.0572. The van der Waals surface area contributed by atoms with Crippen LogP contribution in [0.2, 0.25) is 5.02 Å². The number of hydrogen-bond donors (Lipinski definition) is 0. The molecule has 0 spiro atoms. The van der Waals surface area contributed by atoms with Crippen LogP contribution in [0.25, 0.3) is 0 Å². The van der Waals surface area contributed by atoms with Crippen LogP contribution in [0.4, 0.5) is 5.69 Å². The third-order valence-electron chi connectivity index (χ3n) is 6.47. The fourth-order valence-electron chi connectivity index (χ4n) is 5.02. The number of hydrogen-bond acceptors (Lipinski definition) is 5. The zero-order valence-electron chi connectivity index (χ0n) is 16.8. The molecule has 1 saturated carbocycles. The minimum Gasteiger partial charge on any atom is -0.272 e. The van der Waals surface area contributed by atoms with Gasteiger partial charge in [-0.2, -0.15) is 5.01 Å². The van der Waals surface area contributed by atoms with E-state index in [2.05, 4.69) is 0 Å². The molecule has 2 fully saturated rings. The van der Waals surface area contributed by atoms with E-state index in [-0.39, 0.29) is 29.6 Å². The molecule has 1 aliphatic heterocycles. The van der Waals surface area contributed by atoms with Crippen LogP contribution in [-0.2, 0) is 16.1 Å². The SMILES string of the molecule is O=C(c1cccc([N+](=O)[O-])c1)N(Cc1ccc(Cl)cc1)N1C(=O)[C@@H]2[C@@H](C1=O)[C@H]1C=C[C@H]2C1. The van der Waals surface area contributed by atoms with Crippen molar-refractivity contribution in [3.8, 4) is 0 Å². The Morgan fingerprint density at radius 3 is 2.28 bits per heavy atom. The number of rotatable bonds is 5. The summed E-state index contributed by atoms with van der Waals surface area (Å²) < 4.78 is 0. The number of non-ortho nitro benzene ring substituents is 1. The largest absolute Gasteiger partial charge is 0.273 e. The van der Waals surface area contributed by atoms with Crippen LogP contribution in [0, 0.1) is 33.8 Å². The molecule has 8 nitrogen and oxygen atoms in total. The third-order valence-corrected chi connectivity index (χ3v) is 6.72. The molecular weight excluding hydrogens is 434 g/mol. The van der Waals surface area contributed by atoms with Crippen LogP contribution in [-0.4, -0.2) is 32.7 Å². The zero-order valence-corrected chi connectivity index (χ0v) is 17.5. The van der Waals surface area contributed by atoms with Gasteiger partial charge in [-0.25, -0.2) is 5.01 Å². The molecule has 3 aliphatic rings. The lowest BCUT2D eigenvalue weighted by Crippen LogP contribution is -2.50. The van der Waals surface area contributed by atoms with Crippen molar-refractivity contribution in [2.45, 2.75) is 13.0 Å². The summed E-state index contributed by atoms with van der Waals surface area (Å²) in [5.74, 6) is -2.40. The molecule has 32 heavy (non-hydrogen) atoms. The van der Waals surface area contributed by atoms with Crippen LogP contribution >= 0.6 is 11.6 Å². The van der Waals surface area contributed by atoms with Gasteiger partial charge in [0.15, 0.2) is 0 Å². The van der Waals surface area contributed by atoms with Crippen molar-refractivity contribution in [3.63, 3.8) is 0 Å². The first kappa shape index (κ1) is 20.4. The fraction of sp³-hybridized carbons (Fsp3) is 0.261. The number of allylic oxidation sites excluding steroid dienone is 2. The maximum atomic E-state index is 13.5. The van der Waals surface area contributed by atoms with Gasteiger partial charge in [-0.15, -0.1) is 0 Å². The van der Waals surface area contributed by atoms with Crippen molar-refractivity contribution < 1.29 is 19.3 Å². The second-order valence-electron chi connectivity index (χ2n) is 8.28. The highest BCUT2D eigenvalue weighted by atomic mass is 35.5. The van der Waals surface area contributed by atoms with Gasteiger partial charge < -0.3 is 0 Å². The van der Waals surface area contributed by atoms with E-state index in [1.165, 1.54) is 18.2 Å². The lowest BCUT2D eigenvalue weighted by molar-refractivity contribution is -0.384. The van der Waals surface area contributed by atoms with Gasteiger partial charge in [-0.3, -0.25) is 24.5 Å². The molecule has 0 radical (unpaired) electrons. The predicted octanol–water partition coefficient (Wildman–Crippen LogP) is 3.61. The van der Waals surface area contributed by atoms with Gasteiger partial charge >= 0.3 is 0 Å². The van der Waals surface area contributed by atoms with E-state index in [0.717, 1.165) is 22.5 Å². The van der Waals surface area contributed by atoms with E-state index in [4.69, 9.17) is 11.6 Å². The fourth-order valence-corrected chi connectivity index (χ4v) is 5.15. The topological polar surface area (TPSA) is 101 Å². The number of nitro benzene ring substituents is 1. The second kappa shape index (κ2) is 7.56. The average molecular weight is 452 g/mol. The summed E-state index contributed by atoms with van der Waals surface area (Å²) in [6.07, 6.45) is 4.73. The lowest BCUT2D eigenvalue weighted by Gasteiger charge is -2.31. The molecule has 3 amide bonds. The summed E-state index contributed by atoms with van der Waals surface area (Å²) in [5.41, 5.74) is 0.430. The Kier molecular flexibility index (Phi) is 4.82. The summed E-state index contributed by atoms with van der Waals surface area (Å²) >= 11 is 5.96. The van der Waals surface area contributed by atoms with Gasteiger partial charge in [-0.1, -0.05) is 42.0 Å². The van der Waals surface area contributed by atoms with E-state index in [1.807, 2.05) is 12.2 Å². The summed E-state index contributed by atoms with van der Waals surface area (Å²) in [7, 11) is 0. The Balaban J connectivity index is 1.53. The maximum absolute atomic E-state index is 13.5. The van der Waals surface area contributed by atoms with Gasteiger partial charge in [0.1, 0.15) is 0 Å². The van der Waals surface area contributed by atoms with Gasteiger partial charge in [-0.05, 0) is 42.0 Å². The number of amides is 3. The van der Waals surface area contributed by atoms with Gasteiger partial charge in [0.2, 0.25) is 0 Å². The predicted molar refractivity (Wildman–Crippen MR) is 114 cm³/mol. The highest BCUT2D eigenvalue weighted by Gasteiger charge is 2.61. The van der Waals surface area contributed by atoms with Crippen molar-refractivity contribution >= 4 is 35.0 Å². The van der Waals surface area contributed by atoms with Gasteiger partial charge in [0.25, 0.3) is 23.4 Å². The third kappa shape index (κ3) is 3.18. The van der Waals surface area contributed by atoms with Crippen molar-refractivity contribution in [2.24, 2.45) is 23.7 Å². The number of nitro groups is 1. The molecule has 9 heteroatoms. The van der Waals surface area contributed by atoms with Crippen molar-refractivity contribution in [3.05, 3.63) is 86.9 Å². The Morgan fingerprint density at radius 2 is 1.69 bits per heavy atom. The normalized spacial score (nSPS) is 25.3. The minimum absolute atomic E-state index is 0.00301. The molecule has 4 atom stereocenters. The molecule has 162 valence electrons. The van der Waals surface area contributed by atoms with Crippen LogP contribution in [0.3, 0.4) is 0 Å². The maximum Gasteiger partial charge on any atom is 0.273 e. The lowest BCUT2D eigenvalue weighted by atomic mass is 9.85. The van der Waals surface area contributed by atoms with Crippen molar-refractivity contribution in [2.75, 3.05) is 0 Å². The number of benzene rings is 2. The molecule has 0 unspecified atom stereocenters. The highest BCUT2D eigenvalue weighted by molar-refractivity contribution is 6.30. The number of carbonyl (C=O) groups is 3. The number of halogens is 1. The first-order valence-electron chi connectivity index (χ1n) is 10.2. The summed E-state index contributed by atoms with van der Waals surface area (Å²) in [4.78, 5) is 50.7. The summed E-state index contributed by atoms with van der Waals surface area (Å²) in [6, 6.07) is 12.0. The number of fused-ring (bicyclic) bond motifs is 5. The number of hydrazine groups is 1. The molecule has 0 aromatic heterocycles. The van der Waals surface area contributed by atoms with E-state index < -0.39 is 34.5 Å². The Labute approximate surface area is 188 Å². The molecule has 2 aromatic rings. The van der Waals surface area contributed by atoms with E-state index >= 15 is 0 Å². The number of nitrogens with zero attached hydrogens (tertiary/aromatic N) is 3. The van der Waals surface area contributed by atoms with E-state index in [9.17, 15) is 24.5 Å². The van der Waals surface area contributed by atoms with Crippen LogP contribution in [0.5, 0.6) is 0 Å². The van der Waals surface area contributed by atoms with Crippen LogP contribution in [0.15, 0.2) is 60.7 Å². The first-order chi connectivity index (χ1) is 15.3. The van der Waals surface area contributed by atoms with E-state index in [1.54, 1.807) is 24.3 Å². The molecular formula is C23H18ClN3O5. The molecule has 1 heterocycles. The Hall–Kier alpha value is -3.52. The minimum atomic E-state index is -0.661. The molecule has 2 aromatic carbocycles. The average Bonchev–Trinajstić information content (AvgIpc) is 3.47. The Morgan fingerprint density at radius 1 is 1.06 bits per heavy atom. The zero-order chi connectivity index (χ0) is 22.6. The molecule has 0 N–H and O–H groups in total. The molecule has 2 bridgehead atoms. The first-order valence-corrected chi connectivity index (χ1v) is 10.6. The smallest absolute Gasteiger partial charge is 0.272 e. The van der Waals surface area contributed by atoms with Crippen LogP contribution in [0.1, 0.15) is 22.3 Å². The Bertz CT molecular complexity index is 1150. The second-order valence-corrected chi connectivity index (χ2v) is 8.72. The quantitative estimate of drug-likeness (QED) is 0.299. The summed E-state index contributed by atoms with van der Waals surface area (Å²) in [5, 5.41) is 13.8. The molecule has 5 rings (SSSR count). The highest BCUT2D eigenvalue weighted by Crippen LogP contribution is 2.52. The van der Waals surface area contributed by atoms with Gasteiger partial charge in [0, 0.05) is 22.7 Å².